The Morgan fingerprint density at radius 2 is 1.78 bits per heavy atom. The molecule has 32 heavy (non-hydrogen) atoms. The smallest absolute Gasteiger partial charge is 0.311 e. The van der Waals surface area contributed by atoms with Crippen molar-refractivity contribution >= 4 is 40.4 Å². The van der Waals surface area contributed by atoms with Gasteiger partial charge in [0, 0.05) is 18.2 Å². The van der Waals surface area contributed by atoms with E-state index in [0.717, 1.165) is 6.07 Å². The Balaban J connectivity index is 1.96. The van der Waals surface area contributed by atoms with Gasteiger partial charge in [-0.3, -0.25) is 10.1 Å². The number of hydrogen-bond donors (Lipinski definition) is 1. The van der Waals surface area contributed by atoms with Crippen molar-refractivity contribution in [2.75, 3.05) is 19.5 Å². The number of nitrogens with zero attached hydrogens (tertiary/aromatic N) is 2. The third kappa shape index (κ3) is 4.92. The van der Waals surface area contributed by atoms with Gasteiger partial charge in [0.2, 0.25) is 5.82 Å². The Hall–Kier alpha value is -3.37. The number of rotatable bonds is 8. The number of nitro groups is 1. The average Bonchev–Trinajstić information content (AvgIpc) is 2.76. The van der Waals surface area contributed by atoms with Crippen LogP contribution >= 0.6 is 23.2 Å². The number of halogens is 4. The topological polar surface area (TPSA) is 95.8 Å². The largest absolute Gasteiger partial charge is 0.496 e. The van der Waals surface area contributed by atoms with Crippen LogP contribution in [0.3, 0.4) is 0 Å². The number of ether oxygens (including phenoxy) is 3. The summed E-state index contributed by atoms with van der Waals surface area (Å²) < 4.78 is 43.8. The Bertz CT molecular complexity index is 1180. The van der Waals surface area contributed by atoms with Crippen molar-refractivity contribution in [1.82, 2.24) is 4.98 Å². The fourth-order valence-corrected chi connectivity index (χ4v) is 3.10. The number of pyridine rings is 1. The Morgan fingerprint density at radius 1 is 1.06 bits per heavy atom. The lowest BCUT2D eigenvalue weighted by atomic mass is 10.2. The zero-order chi connectivity index (χ0) is 23.4. The van der Waals surface area contributed by atoms with Crippen LogP contribution < -0.4 is 19.5 Å². The van der Waals surface area contributed by atoms with Crippen molar-refractivity contribution in [1.29, 1.82) is 0 Å². The molecule has 0 saturated carbocycles. The van der Waals surface area contributed by atoms with Crippen LogP contribution in [-0.2, 0) is 6.61 Å². The molecule has 3 aromatic rings. The first-order chi connectivity index (χ1) is 15.2. The molecule has 0 atom stereocenters. The second-order valence-electron chi connectivity index (χ2n) is 6.20. The van der Waals surface area contributed by atoms with Crippen LogP contribution in [0.25, 0.3) is 0 Å². The normalized spacial score (nSPS) is 10.6. The van der Waals surface area contributed by atoms with Gasteiger partial charge in [-0.05, 0) is 18.2 Å². The highest BCUT2D eigenvalue weighted by molar-refractivity contribution is 6.33. The summed E-state index contributed by atoms with van der Waals surface area (Å²) in [5.41, 5.74) is -0.312. The molecule has 0 saturated heterocycles. The Kier molecular flexibility index (Phi) is 7.16. The first-order valence-electron chi connectivity index (χ1n) is 8.84. The molecule has 12 heteroatoms. The summed E-state index contributed by atoms with van der Waals surface area (Å²) in [7, 11) is 2.67. The number of methoxy groups -OCH3 is 2. The highest BCUT2D eigenvalue weighted by Crippen LogP contribution is 2.39. The van der Waals surface area contributed by atoms with E-state index < -0.39 is 23.2 Å². The lowest BCUT2D eigenvalue weighted by Crippen LogP contribution is -2.05. The third-order valence-electron chi connectivity index (χ3n) is 4.29. The van der Waals surface area contributed by atoms with Crippen molar-refractivity contribution in [3.8, 4) is 17.2 Å². The minimum atomic E-state index is -1.12. The van der Waals surface area contributed by atoms with Gasteiger partial charge in [-0.1, -0.05) is 23.2 Å². The second-order valence-corrected chi connectivity index (χ2v) is 6.99. The molecule has 0 unspecified atom stereocenters. The number of hydrogen-bond acceptors (Lipinski definition) is 7. The van der Waals surface area contributed by atoms with E-state index in [4.69, 9.17) is 37.4 Å². The van der Waals surface area contributed by atoms with E-state index in [2.05, 4.69) is 10.3 Å². The molecule has 0 aliphatic carbocycles. The molecular weight excluding hydrogens is 471 g/mol. The monoisotopic (exact) mass is 485 g/mol. The van der Waals surface area contributed by atoms with Gasteiger partial charge in [0.1, 0.15) is 17.5 Å². The SMILES string of the molecule is COc1cc(Cl)c(Nc2nc(Cl)ccc2[N+](=O)[O-])cc1OCc1c(OC)ccc(F)c1F. The van der Waals surface area contributed by atoms with E-state index >= 15 is 0 Å². The molecular formula is C20H15Cl2F2N3O5. The maximum Gasteiger partial charge on any atom is 0.311 e. The predicted octanol–water partition coefficient (Wildman–Crippen LogP) is 5.91. The molecule has 168 valence electrons. The molecule has 0 fully saturated rings. The van der Waals surface area contributed by atoms with Gasteiger partial charge >= 0.3 is 5.69 Å². The summed E-state index contributed by atoms with van der Waals surface area (Å²) in [6.07, 6.45) is 0. The second kappa shape index (κ2) is 9.84. The molecule has 0 aliphatic heterocycles. The van der Waals surface area contributed by atoms with E-state index in [1.807, 2.05) is 0 Å². The molecule has 0 amide bonds. The summed E-state index contributed by atoms with van der Waals surface area (Å²) in [4.78, 5) is 14.6. The number of aromatic nitrogens is 1. The summed E-state index contributed by atoms with van der Waals surface area (Å²) in [6.45, 7) is -0.403. The number of benzene rings is 2. The molecule has 1 N–H and O–H groups in total. The van der Waals surface area contributed by atoms with Crippen LogP contribution in [0.15, 0.2) is 36.4 Å². The highest BCUT2D eigenvalue weighted by atomic mass is 35.5. The van der Waals surface area contributed by atoms with E-state index in [1.54, 1.807) is 0 Å². The van der Waals surface area contributed by atoms with Crippen LogP contribution in [0.1, 0.15) is 5.56 Å². The van der Waals surface area contributed by atoms with Gasteiger partial charge < -0.3 is 19.5 Å². The van der Waals surface area contributed by atoms with Gasteiger partial charge in [-0.2, -0.15) is 0 Å². The fourth-order valence-electron chi connectivity index (χ4n) is 2.75. The van der Waals surface area contributed by atoms with Crippen LogP contribution in [0.5, 0.6) is 17.2 Å². The lowest BCUT2D eigenvalue weighted by molar-refractivity contribution is -0.384. The predicted molar refractivity (Wildman–Crippen MR) is 114 cm³/mol. The van der Waals surface area contributed by atoms with Crippen molar-refractivity contribution < 1.29 is 27.9 Å². The maximum atomic E-state index is 14.2. The van der Waals surface area contributed by atoms with E-state index in [1.165, 1.54) is 44.6 Å². The Morgan fingerprint density at radius 3 is 2.44 bits per heavy atom. The summed E-state index contributed by atoms with van der Waals surface area (Å²) in [5.74, 6) is -1.96. The summed E-state index contributed by atoms with van der Waals surface area (Å²) in [6, 6.07) is 7.42. The molecule has 0 radical (unpaired) electrons. The molecule has 0 aliphatic rings. The van der Waals surface area contributed by atoms with Crippen LogP contribution in [0.2, 0.25) is 10.2 Å². The van der Waals surface area contributed by atoms with E-state index in [-0.39, 0.29) is 50.2 Å². The quantitative estimate of drug-likeness (QED) is 0.240. The van der Waals surface area contributed by atoms with Crippen LogP contribution in [-0.4, -0.2) is 24.1 Å². The van der Waals surface area contributed by atoms with Crippen LogP contribution in [0, 0.1) is 21.7 Å². The van der Waals surface area contributed by atoms with E-state index in [9.17, 15) is 18.9 Å². The average molecular weight is 486 g/mol. The Labute approximate surface area is 190 Å². The minimum Gasteiger partial charge on any atom is -0.496 e. The zero-order valence-corrected chi connectivity index (χ0v) is 18.1. The molecule has 0 spiro atoms. The third-order valence-corrected chi connectivity index (χ3v) is 4.81. The van der Waals surface area contributed by atoms with Gasteiger partial charge in [0.25, 0.3) is 0 Å². The zero-order valence-electron chi connectivity index (χ0n) is 16.6. The molecule has 1 aromatic heterocycles. The minimum absolute atomic E-state index is 0.0212. The van der Waals surface area contributed by atoms with Crippen LogP contribution in [0.4, 0.5) is 26.0 Å². The molecule has 2 aromatic carbocycles. The first-order valence-corrected chi connectivity index (χ1v) is 9.59. The molecule has 0 bridgehead atoms. The lowest BCUT2D eigenvalue weighted by Gasteiger charge is -2.16. The van der Waals surface area contributed by atoms with Crippen molar-refractivity contribution in [2.45, 2.75) is 6.61 Å². The van der Waals surface area contributed by atoms with Gasteiger partial charge in [0.15, 0.2) is 23.1 Å². The van der Waals surface area contributed by atoms with Gasteiger partial charge in [0.05, 0.1) is 35.4 Å². The van der Waals surface area contributed by atoms with Crippen molar-refractivity contribution in [3.05, 3.63) is 73.9 Å². The van der Waals surface area contributed by atoms with Gasteiger partial charge in [-0.25, -0.2) is 13.8 Å². The molecule has 1 heterocycles. The molecule has 8 nitrogen and oxygen atoms in total. The number of anilines is 2. The van der Waals surface area contributed by atoms with Crippen molar-refractivity contribution in [2.24, 2.45) is 0 Å². The maximum absolute atomic E-state index is 14.2. The van der Waals surface area contributed by atoms with Crippen molar-refractivity contribution in [3.63, 3.8) is 0 Å². The standard InChI is InChI=1S/C20H15Cl2F2N3O5/c1-30-15-5-3-12(23)19(24)10(15)9-32-17-8-13(11(21)7-16(17)31-2)25-20-14(27(28)29)4-6-18(22)26-20/h3-8H,9H2,1-2H3,(H,25,26). The first kappa shape index (κ1) is 23.3. The van der Waals surface area contributed by atoms with E-state index in [0.29, 0.717) is 0 Å². The highest BCUT2D eigenvalue weighted by Gasteiger charge is 2.20. The fraction of sp³-hybridized carbons (Fsp3) is 0.150. The molecule has 3 rings (SSSR count). The number of nitrogens with one attached hydrogen (secondary N) is 1. The summed E-state index contributed by atoms with van der Waals surface area (Å²) in [5, 5.41) is 14.2. The van der Waals surface area contributed by atoms with Gasteiger partial charge in [-0.15, -0.1) is 0 Å². The summed E-state index contributed by atoms with van der Waals surface area (Å²) >= 11 is 12.1.